The molecule has 0 amide bonds. The highest BCUT2D eigenvalue weighted by molar-refractivity contribution is 7.98. The van der Waals surface area contributed by atoms with Crippen LogP contribution in [-0.4, -0.2) is 50.3 Å². The van der Waals surface area contributed by atoms with Gasteiger partial charge in [-0.2, -0.15) is 0 Å². The van der Waals surface area contributed by atoms with Crippen molar-refractivity contribution >= 4 is 38.9 Å². The first kappa shape index (κ1) is 28.1. The molecule has 2 aromatic carbocycles. The molecule has 0 unspecified atom stereocenters. The van der Waals surface area contributed by atoms with E-state index in [0.29, 0.717) is 11.8 Å². The SMILES string of the molecule is CSc1cc2c(cc1OC[C@@H](C)C(=O)O)S(=O)(=O)[C@@H](F)[C@@H](CCC(C)(F)F)CN2c1cccc(F)c1. The van der Waals surface area contributed by atoms with Crippen molar-refractivity contribution in [1.29, 1.82) is 0 Å². The van der Waals surface area contributed by atoms with E-state index in [1.807, 2.05) is 0 Å². The quantitative estimate of drug-likeness (QED) is 0.307. The van der Waals surface area contributed by atoms with E-state index in [2.05, 4.69) is 0 Å². The number of carboxylic acid groups (broad SMARTS) is 1. The van der Waals surface area contributed by atoms with Gasteiger partial charge in [0.15, 0.2) is 0 Å². The lowest BCUT2D eigenvalue weighted by atomic mass is 10.0. The Kier molecular flexibility index (Phi) is 8.49. The van der Waals surface area contributed by atoms with E-state index in [1.54, 1.807) is 6.26 Å². The zero-order valence-electron chi connectivity index (χ0n) is 19.9. The topological polar surface area (TPSA) is 83.9 Å². The third kappa shape index (κ3) is 6.26. The minimum Gasteiger partial charge on any atom is -0.491 e. The maximum absolute atomic E-state index is 15.6. The summed E-state index contributed by atoms with van der Waals surface area (Å²) in [5, 5.41) is 9.13. The zero-order valence-corrected chi connectivity index (χ0v) is 21.5. The van der Waals surface area contributed by atoms with Crippen molar-refractivity contribution in [3.8, 4) is 5.75 Å². The Morgan fingerprint density at radius 2 is 2.00 bits per heavy atom. The zero-order chi connectivity index (χ0) is 26.8. The number of rotatable bonds is 9. The van der Waals surface area contributed by atoms with Crippen LogP contribution in [0.2, 0.25) is 0 Å². The Balaban J connectivity index is 2.17. The summed E-state index contributed by atoms with van der Waals surface area (Å²) < 4.78 is 89.2. The third-order valence-electron chi connectivity index (χ3n) is 5.91. The van der Waals surface area contributed by atoms with Gasteiger partial charge in [-0.25, -0.2) is 26.0 Å². The predicted octanol–water partition coefficient (Wildman–Crippen LogP) is 5.92. The molecule has 12 heteroatoms. The first-order valence-electron chi connectivity index (χ1n) is 11.1. The number of thioether (sulfide) groups is 1. The fourth-order valence-corrected chi connectivity index (χ4v) is 6.12. The van der Waals surface area contributed by atoms with Crippen LogP contribution < -0.4 is 9.64 Å². The number of carboxylic acids is 1. The number of aliphatic carboxylic acids is 1. The standard InChI is InChI=1S/C24H27F4NO5S2/c1-14(23(30)31)13-34-19-11-21-18(10-20(19)35-3)29(17-6-4-5-16(25)9-17)12-15(7-8-24(2,27)28)22(26)36(21,32)33/h4-6,9-11,14-15,22H,7-8,12-13H2,1-3H3,(H,30,31)/t14-,15+,22-/m1/s1. The Bertz CT molecular complexity index is 1220. The highest BCUT2D eigenvalue weighted by Crippen LogP contribution is 2.46. The van der Waals surface area contributed by atoms with Crippen LogP contribution in [0.25, 0.3) is 0 Å². The van der Waals surface area contributed by atoms with E-state index in [9.17, 15) is 26.4 Å². The lowest BCUT2D eigenvalue weighted by molar-refractivity contribution is -0.142. The van der Waals surface area contributed by atoms with Crippen LogP contribution in [0.3, 0.4) is 0 Å². The number of alkyl halides is 3. The number of fused-ring (bicyclic) bond motifs is 1. The molecule has 1 aliphatic rings. The fraction of sp³-hybridized carbons (Fsp3) is 0.458. The number of hydrogen-bond donors (Lipinski definition) is 1. The van der Waals surface area contributed by atoms with Crippen LogP contribution in [0.5, 0.6) is 5.75 Å². The van der Waals surface area contributed by atoms with E-state index >= 15 is 4.39 Å². The Hall–Kier alpha value is -2.47. The number of halogens is 4. The maximum atomic E-state index is 15.6. The number of nitrogens with zero attached hydrogens (tertiary/aromatic N) is 1. The molecule has 0 saturated heterocycles. The highest BCUT2D eigenvalue weighted by atomic mass is 32.2. The molecule has 0 radical (unpaired) electrons. The van der Waals surface area contributed by atoms with Gasteiger partial charge in [-0.3, -0.25) is 4.79 Å². The van der Waals surface area contributed by atoms with Gasteiger partial charge in [-0.1, -0.05) is 6.07 Å². The first-order valence-corrected chi connectivity index (χ1v) is 13.9. The molecule has 0 spiro atoms. The van der Waals surface area contributed by atoms with Crippen molar-refractivity contribution in [2.24, 2.45) is 11.8 Å². The van der Waals surface area contributed by atoms with Crippen LogP contribution in [-0.2, 0) is 14.6 Å². The van der Waals surface area contributed by atoms with Crippen LogP contribution >= 0.6 is 11.8 Å². The largest absolute Gasteiger partial charge is 0.491 e. The lowest BCUT2D eigenvalue weighted by Gasteiger charge is -2.29. The van der Waals surface area contributed by atoms with Gasteiger partial charge in [0, 0.05) is 30.6 Å². The minimum atomic E-state index is -4.68. The predicted molar refractivity (Wildman–Crippen MR) is 129 cm³/mol. The summed E-state index contributed by atoms with van der Waals surface area (Å²) in [7, 11) is -4.68. The van der Waals surface area contributed by atoms with Gasteiger partial charge < -0.3 is 14.7 Å². The minimum absolute atomic E-state index is 0.0443. The Morgan fingerprint density at radius 3 is 2.58 bits per heavy atom. The van der Waals surface area contributed by atoms with Crippen LogP contribution in [0.1, 0.15) is 26.7 Å². The molecule has 1 N–H and O–H groups in total. The molecule has 2 aromatic rings. The molecule has 36 heavy (non-hydrogen) atoms. The highest BCUT2D eigenvalue weighted by Gasteiger charge is 2.43. The lowest BCUT2D eigenvalue weighted by Crippen LogP contribution is -2.32. The number of carbonyl (C=O) groups is 1. The van der Waals surface area contributed by atoms with Crippen LogP contribution in [0.15, 0.2) is 46.2 Å². The molecule has 3 rings (SSSR count). The average molecular weight is 550 g/mol. The van der Waals surface area contributed by atoms with Crippen molar-refractivity contribution in [2.45, 2.75) is 47.9 Å². The van der Waals surface area contributed by atoms with Gasteiger partial charge in [0.2, 0.25) is 21.3 Å². The van der Waals surface area contributed by atoms with Crippen molar-refractivity contribution in [3.63, 3.8) is 0 Å². The van der Waals surface area contributed by atoms with E-state index in [4.69, 9.17) is 9.84 Å². The summed E-state index contributed by atoms with van der Waals surface area (Å²) in [4.78, 5) is 12.6. The van der Waals surface area contributed by atoms with E-state index in [0.717, 1.165) is 12.1 Å². The molecule has 198 valence electrons. The Labute approximate surface area is 211 Å². The van der Waals surface area contributed by atoms with Gasteiger partial charge in [0.05, 0.1) is 21.4 Å². The van der Waals surface area contributed by atoms with Crippen LogP contribution in [0.4, 0.5) is 28.9 Å². The number of anilines is 2. The van der Waals surface area contributed by atoms with Crippen molar-refractivity contribution in [2.75, 3.05) is 24.3 Å². The second kappa shape index (κ2) is 10.9. The van der Waals surface area contributed by atoms with Crippen LogP contribution in [0, 0.1) is 17.7 Å². The van der Waals surface area contributed by atoms with Crippen molar-refractivity contribution in [1.82, 2.24) is 0 Å². The second-order valence-electron chi connectivity index (χ2n) is 8.88. The third-order valence-corrected chi connectivity index (χ3v) is 8.59. The monoisotopic (exact) mass is 549 g/mol. The number of hydrogen-bond acceptors (Lipinski definition) is 6. The molecular formula is C24H27F4NO5S2. The first-order chi connectivity index (χ1) is 16.7. The molecule has 0 fully saturated rings. The summed E-state index contributed by atoms with van der Waals surface area (Å²) >= 11 is 1.19. The van der Waals surface area contributed by atoms with Gasteiger partial charge >= 0.3 is 5.97 Å². The molecule has 1 heterocycles. The molecule has 0 bridgehead atoms. The summed E-state index contributed by atoms with van der Waals surface area (Å²) in [5.74, 6) is -7.02. The van der Waals surface area contributed by atoms with E-state index < -0.39 is 62.6 Å². The number of ether oxygens (including phenoxy) is 1. The molecule has 0 aliphatic carbocycles. The van der Waals surface area contributed by atoms with Gasteiger partial charge in [-0.05, 0) is 50.8 Å². The van der Waals surface area contributed by atoms with Crippen molar-refractivity contribution in [3.05, 3.63) is 42.2 Å². The summed E-state index contributed by atoms with van der Waals surface area (Å²) in [6.45, 7) is 1.55. The number of benzene rings is 2. The molecule has 1 aliphatic heterocycles. The summed E-state index contributed by atoms with van der Waals surface area (Å²) in [5.41, 5.74) is -2.21. The van der Waals surface area contributed by atoms with E-state index in [-0.39, 0.29) is 30.3 Å². The second-order valence-corrected chi connectivity index (χ2v) is 11.7. The van der Waals surface area contributed by atoms with E-state index in [1.165, 1.54) is 47.9 Å². The summed E-state index contributed by atoms with van der Waals surface area (Å²) in [6, 6.07) is 7.85. The average Bonchev–Trinajstić information content (AvgIpc) is 2.88. The molecule has 6 nitrogen and oxygen atoms in total. The van der Waals surface area contributed by atoms with Gasteiger partial charge in [0.25, 0.3) is 0 Å². The number of sulfone groups is 1. The summed E-state index contributed by atoms with van der Waals surface area (Å²) in [6.07, 6.45) is 0.550. The Morgan fingerprint density at radius 1 is 1.31 bits per heavy atom. The van der Waals surface area contributed by atoms with Gasteiger partial charge in [-0.15, -0.1) is 11.8 Å². The molecular weight excluding hydrogens is 522 g/mol. The maximum Gasteiger partial charge on any atom is 0.309 e. The van der Waals surface area contributed by atoms with Crippen molar-refractivity contribution < 1.29 is 40.6 Å². The smallest absolute Gasteiger partial charge is 0.309 e. The van der Waals surface area contributed by atoms with Gasteiger partial charge in [0.1, 0.15) is 18.2 Å². The molecule has 0 saturated carbocycles. The normalized spacial score (nSPS) is 20.4. The fourth-order valence-electron chi connectivity index (χ4n) is 3.87. The molecule has 0 aromatic heterocycles. The molecule has 3 atom stereocenters.